The molecule has 138 valence electrons. The predicted octanol–water partition coefficient (Wildman–Crippen LogP) is 2.55. The lowest BCUT2D eigenvalue weighted by molar-refractivity contribution is 0.152. The van der Waals surface area contributed by atoms with Crippen molar-refractivity contribution in [1.82, 2.24) is 19.1 Å². The number of fused-ring (bicyclic) bond motifs is 3. The maximum absolute atomic E-state index is 12.5. The maximum atomic E-state index is 12.5. The highest BCUT2D eigenvalue weighted by Crippen LogP contribution is 2.47. The number of rotatable bonds is 3. The molecule has 7 heteroatoms. The molecule has 0 N–H and O–H groups in total. The van der Waals surface area contributed by atoms with Gasteiger partial charge in [0.25, 0.3) is 0 Å². The average Bonchev–Trinajstić information content (AvgIpc) is 3.32. The van der Waals surface area contributed by atoms with Gasteiger partial charge in [-0.3, -0.25) is 9.67 Å². The molecule has 0 atom stereocenters. The molecular formula is C20H20N4O2S. The van der Waals surface area contributed by atoms with Gasteiger partial charge in [-0.05, 0) is 37.5 Å². The van der Waals surface area contributed by atoms with E-state index in [4.69, 9.17) is 5.10 Å². The van der Waals surface area contributed by atoms with Gasteiger partial charge in [0.05, 0.1) is 16.5 Å². The molecule has 0 bridgehead atoms. The van der Waals surface area contributed by atoms with Gasteiger partial charge in [0.15, 0.2) is 0 Å². The van der Waals surface area contributed by atoms with Crippen LogP contribution in [0.25, 0.3) is 22.2 Å². The van der Waals surface area contributed by atoms with Gasteiger partial charge in [-0.1, -0.05) is 18.2 Å². The molecule has 3 aromatic rings. The number of sulfonamides is 1. The van der Waals surface area contributed by atoms with Crippen LogP contribution >= 0.6 is 0 Å². The van der Waals surface area contributed by atoms with Crippen LogP contribution in [0.15, 0.2) is 42.6 Å². The van der Waals surface area contributed by atoms with E-state index in [0.29, 0.717) is 13.1 Å². The second-order valence-electron chi connectivity index (χ2n) is 8.10. The van der Waals surface area contributed by atoms with Gasteiger partial charge in [-0.2, -0.15) is 9.40 Å². The molecular weight excluding hydrogens is 360 g/mol. The highest BCUT2D eigenvalue weighted by Gasteiger charge is 2.55. The monoisotopic (exact) mass is 380 g/mol. The molecule has 6 nitrogen and oxygen atoms in total. The fraction of sp³-hybridized carbons (Fsp3) is 0.400. The minimum Gasteiger partial charge on any atom is -0.268 e. The summed E-state index contributed by atoms with van der Waals surface area (Å²) in [4.78, 5) is 4.54. The van der Waals surface area contributed by atoms with Crippen molar-refractivity contribution in [2.45, 2.75) is 36.5 Å². The molecule has 2 aliphatic heterocycles. The van der Waals surface area contributed by atoms with Crippen molar-refractivity contribution in [3.8, 4) is 11.3 Å². The Bertz CT molecular complexity index is 1170. The molecule has 2 aromatic heterocycles. The number of pyridine rings is 1. The zero-order valence-corrected chi connectivity index (χ0v) is 15.7. The lowest BCUT2D eigenvalue weighted by atomic mass is 9.77. The molecule has 1 saturated carbocycles. The lowest BCUT2D eigenvalue weighted by Crippen LogP contribution is -2.60. The van der Waals surface area contributed by atoms with Crippen molar-refractivity contribution in [2.24, 2.45) is 0 Å². The normalized spacial score (nSPS) is 21.5. The lowest BCUT2D eigenvalue weighted by Gasteiger charge is -2.46. The van der Waals surface area contributed by atoms with E-state index in [0.717, 1.165) is 48.0 Å². The Morgan fingerprint density at radius 2 is 1.93 bits per heavy atom. The van der Waals surface area contributed by atoms with Crippen molar-refractivity contribution in [2.75, 3.05) is 13.1 Å². The second kappa shape index (κ2) is 5.17. The zero-order valence-electron chi connectivity index (χ0n) is 14.9. The number of nitrogens with zero attached hydrogens (tertiary/aromatic N) is 4. The van der Waals surface area contributed by atoms with E-state index in [2.05, 4.69) is 27.9 Å². The smallest absolute Gasteiger partial charge is 0.217 e. The Balaban J connectivity index is 1.32. The van der Waals surface area contributed by atoms with Gasteiger partial charge in [-0.15, -0.1) is 0 Å². The van der Waals surface area contributed by atoms with Crippen LogP contribution in [0.5, 0.6) is 0 Å². The van der Waals surface area contributed by atoms with Crippen LogP contribution in [0.4, 0.5) is 0 Å². The van der Waals surface area contributed by atoms with Crippen molar-refractivity contribution in [1.29, 1.82) is 0 Å². The Morgan fingerprint density at radius 3 is 2.74 bits per heavy atom. The summed E-state index contributed by atoms with van der Waals surface area (Å²) in [6.45, 7) is 2.06. The standard InChI is InChI=1S/C20H20N4O2S/c25-27(26,16-5-6-16)23-12-20(13-23)7-8-24-19(20)10-18(22-24)15-9-14-3-1-2-4-17(14)21-11-15/h1-4,9-11,16H,5-8,12-13H2. The predicted molar refractivity (Wildman–Crippen MR) is 103 cm³/mol. The fourth-order valence-electron chi connectivity index (χ4n) is 4.52. The Labute approximate surface area is 157 Å². The molecule has 4 heterocycles. The van der Waals surface area contributed by atoms with E-state index < -0.39 is 10.0 Å². The van der Waals surface area contributed by atoms with E-state index in [1.54, 1.807) is 4.31 Å². The van der Waals surface area contributed by atoms with E-state index >= 15 is 0 Å². The summed E-state index contributed by atoms with van der Waals surface area (Å²) < 4.78 is 28.7. The molecule has 27 heavy (non-hydrogen) atoms. The van der Waals surface area contributed by atoms with Crippen LogP contribution < -0.4 is 0 Å². The fourth-order valence-corrected chi connectivity index (χ4v) is 6.53. The summed E-state index contributed by atoms with van der Waals surface area (Å²) in [5.41, 5.74) is 4.02. The Morgan fingerprint density at radius 1 is 1.11 bits per heavy atom. The van der Waals surface area contributed by atoms with Crippen LogP contribution in [0.3, 0.4) is 0 Å². The first-order valence-corrected chi connectivity index (χ1v) is 11.0. The van der Waals surface area contributed by atoms with Gasteiger partial charge >= 0.3 is 0 Å². The molecule has 0 amide bonds. The van der Waals surface area contributed by atoms with Crippen LogP contribution in [0.2, 0.25) is 0 Å². The molecule has 6 rings (SSSR count). The van der Waals surface area contributed by atoms with Gasteiger partial charge in [0.2, 0.25) is 10.0 Å². The third-order valence-electron chi connectivity index (χ3n) is 6.28. The molecule has 0 radical (unpaired) electrons. The molecule has 1 aromatic carbocycles. The average molecular weight is 380 g/mol. The van der Waals surface area contributed by atoms with E-state index in [1.807, 2.05) is 24.4 Å². The van der Waals surface area contributed by atoms with Crippen LogP contribution in [-0.4, -0.2) is 45.8 Å². The SMILES string of the molecule is O=S(=O)(C1CC1)N1CC2(CCn3nc(-c4cnc5ccccc5c4)cc32)C1. The second-order valence-corrected chi connectivity index (χ2v) is 10.3. The van der Waals surface area contributed by atoms with Crippen molar-refractivity contribution >= 4 is 20.9 Å². The maximum Gasteiger partial charge on any atom is 0.217 e. The summed E-state index contributed by atoms with van der Waals surface area (Å²) >= 11 is 0. The van der Waals surface area contributed by atoms with Crippen molar-refractivity contribution in [3.05, 3.63) is 48.3 Å². The largest absolute Gasteiger partial charge is 0.268 e. The van der Waals surface area contributed by atoms with E-state index in [-0.39, 0.29) is 10.7 Å². The van der Waals surface area contributed by atoms with Gasteiger partial charge < -0.3 is 0 Å². The number of hydrogen-bond acceptors (Lipinski definition) is 4. The number of aryl methyl sites for hydroxylation is 1. The van der Waals surface area contributed by atoms with Crippen LogP contribution in [0.1, 0.15) is 25.0 Å². The Kier molecular flexibility index (Phi) is 3.02. The van der Waals surface area contributed by atoms with Gasteiger partial charge in [0.1, 0.15) is 0 Å². The first kappa shape index (κ1) is 15.8. The summed E-state index contributed by atoms with van der Waals surface area (Å²) in [5, 5.41) is 5.76. The van der Waals surface area contributed by atoms with E-state index in [1.165, 1.54) is 5.69 Å². The van der Waals surface area contributed by atoms with Crippen LogP contribution in [0, 0.1) is 0 Å². The number of hydrogen-bond donors (Lipinski definition) is 0. The summed E-state index contributed by atoms with van der Waals surface area (Å²) in [6, 6.07) is 12.3. The van der Waals surface area contributed by atoms with Crippen LogP contribution in [-0.2, 0) is 22.0 Å². The molecule has 1 spiro atoms. The van der Waals surface area contributed by atoms with Crippen molar-refractivity contribution < 1.29 is 8.42 Å². The van der Waals surface area contributed by atoms with Crippen molar-refractivity contribution in [3.63, 3.8) is 0 Å². The third-order valence-corrected chi connectivity index (χ3v) is 8.57. The summed E-state index contributed by atoms with van der Waals surface area (Å²) in [5.74, 6) is 0. The third kappa shape index (κ3) is 2.24. The highest BCUT2D eigenvalue weighted by molar-refractivity contribution is 7.90. The molecule has 1 aliphatic carbocycles. The quantitative estimate of drug-likeness (QED) is 0.700. The summed E-state index contributed by atoms with van der Waals surface area (Å²) in [7, 11) is -3.07. The number of para-hydroxylation sites is 1. The number of aromatic nitrogens is 3. The molecule has 0 unspecified atom stereocenters. The molecule has 3 aliphatic rings. The Hall–Kier alpha value is -2.25. The minimum atomic E-state index is -3.07. The van der Waals surface area contributed by atoms with Gasteiger partial charge in [-0.25, -0.2) is 8.42 Å². The molecule has 2 fully saturated rings. The minimum absolute atomic E-state index is 0.0580. The van der Waals surface area contributed by atoms with E-state index in [9.17, 15) is 8.42 Å². The topological polar surface area (TPSA) is 68.1 Å². The summed E-state index contributed by atoms with van der Waals surface area (Å²) in [6.07, 6.45) is 4.49. The first-order valence-electron chi connectivity index (χ1n) is 9.48. The highest BCUT2D eigenvalue weighted by atomic mass is 32.2. The zero-order chi connectivity index (χ0) is 18.2. The first-order chi connectivity index (χ1) is 13.1. The molecule has 1 saturated heterocycles. The number of benzene rings is 1. The van der Waals surface area contributed by atoms with Gasteiger partial charge in [0, 0.05) is 47.9 Å².